The van der Waals surface area contributed by atoms with Crippen LogP contribution in [0, 0.1) is 0 Å². The summed E-state index contributed by atoms with van der Waals surface area (Å²) in [6.07, 6.45) is 3.89. The van der Waals surface area contributed by atoms with E-state index in [1.165, 1.54) is 7.11 Å². The van der Waals surface area contributed by atoms with Gasteiger partial charge in [-0.05, 0) is 32.2 Å². The van der Waals surface area contributed by atoms with Gasteiger partial charge in [0.25, 0.3) is 0 Å². The Bertz CT molecular complexity index is 223. The highest BCUT2D eigenvalue weighted by atomic mass is 28.3. The van der Waals surface area contributed by atoms with E-state index in [4.69, 9.17) is 8.85 Å². The first-order valence-corrected chi connectivity index (χ1v) is 8.85. The third kappa shape index (κ3) is 9.02. The normalized spacial score (nSPS) is 12.5. The van der Waals surface area contributed by atoms with E-state index in [0.29, 0.717) is 12.1 Å². The van der Waals surface area contributed by atoms with Gasteiger partial charge >= 0.3 is 15.4 Å². The number of hydrogen-bond acceptors (Lipinski definition) is 4. The van der Waals surface area contributed by atoms with Gasteiger partial charge in [0.2, 0.25) is 0 Å². The molecule has 0 aromatic heterocycles. The number of carbonyl (C=O) groups is 1. The van der Waals surface area contributed by atoms with Gasteiger partial charge in [0.05, 0.1) is 7.11 Å². The molecule has 0 aromatic rings. The highest BCUT2D eigenvalue weighted by Crippen LogP contribution is 2.23. The molecule has 6 heteroatoms. The Kier molecular flexibility index (Phi) is 12.1. The molecule has 1 amide bonds. The van der Waals surface area contributed by atoms with Crippen LogP contribution in [0.5, 0.6) is 0 Å². The third-order valence-corrected chi connectivity index (χ3v) is 5.93. The molecule has 0 rings (SSSR count). The molecule has 0 saturated carbocycles. The van der Waals surface area contributed by atoms with E-state index in [0.717, 1.165) is 38.9 Å². The van der Waals surface area contributed by atoms with Crippen LogP contribution in [0.3, 0.4) is 0 Å². The number of rotatable bonds is 11. The van der Waals surface area contributed by atoms with Crippen molar-refractivity contribution in [2.45, 2.75) is 52.0 Å². The molecule has 0 aliphatic rings. The minimum Gasteiger partial charge on any atom is -0.453 e. The molecule has 0 heterocycles. The van der Waals surface area contributed by atoms with Gasteiger partial charge in [0.15, 0.2) is 0 Å². The first-order valence-electron chi connectivity index (χ1n) is 7.24. The van der Waals surface area contributed by atoms with E-state index in [9.17, 15) is 4.79 Å². The molecule has 0 aliphatic carbocycles. The third-order valence-electron chi connectivity index (χ3n) is 3.03. The van der Waals surface area contributed by atoms with E-state index in [2.05, 4.69) is 17.0 Å². The molecule has 19 heavy (non-hydrogen) atoms. The lowest BCUT2D eigenvalue weighted by Crippen LogP contribution is -2.29. The minimum absolute atomic E-state index is 0.358. The molecule has 0 fully saturated rings. The summed E-state index contributed by atoms with van der Waals surface area (Å²) in [5, 5.41) is 2.69. The number of ether oxygens (including phenoxy) is 1. The van der Waals surface area contributed by atoms with Crippen molar-refractivity contribution in [1.29, 1.82) is 0 Å². The monoisotopic (exact) mass is 291 g/mol. The quantitative estimate of drug-likeness (QED) is 0.469. The van der Waals surface area contributed by atoms with Gasteiger partial charge < -0.3 is 18.9 Å². The van der Waals surface area contributed by atoms with Crippen LogP contribution in [-0.2, 0) is 13.6 Å². The second-order valence-corrected chi connectivity index (χ2v) is 6.71. The Balaban J connectivity index is 3.86. The maximum Gasteiger partial charge on any atom is 0.406 e. The van der Waals surface area contributed by atoms with Crippen LogP contribution in [0.2, 0.25) is 5.54 Å². The molecule has 0 bridgehead atoms. The smallest absolute Gasteiger partial charge is 0.406 e. The van der Waals surface area contributed by atoms with Crippen molar-refractivity contribution in [3.63, 3.8) is 0 Å². The summed E-state index contributed by atoms with van der Waals surface area (Å²) in [4.78, 5) is 10.9. The van der Waals surface area contributed by atoms with Crippen molar-refractivity contribution in [2.24, 2.45) is 0 Å². The summed E-state index contributed by atoms with van der Waals surface area (Å²) in [7, 11) is -0.160. The zero-order valence-corrected chi connectivity index (χ0v) is 13.9. The van der Waals surface area contributed by atoms with Gasteiger partial charge in [-0.2, -0.15) is 0 Å². The van der Waals surface area contributed by atoms with E-state index in [1.807, 2.05) is 13.8 Å². The molecule has 0 aromatic carbocycles. The predicted molar refractivity (Wildman–Crippen MR) is 78.7 cm³/mol. The van der Waals surface area contributed by atoms with E-state index in [-0.39, 0.29) is 6.09 Å². The van der Waals surface area contributed by atoms with Gasteiger partial charge in [-0.25, -0.2) is 4.79 Å². The Morgan fingerprint density at radius 1 is 1.16 bits per heavy atom. The predicted octanol–water partition coefficient (Wildman–Crippen LogP) is 2.59. The van der Waals surface area contributed by atoms with Crippen LogP contribution in [0.1, 0.15) is 46.5 Å². The first kappa shape index (κ1) is 18.4. The van der Waals surface area contributed by atoms with Crippen LogP contribution in [0.4, 0.5) is 4.79 Å². The molecule has 0 aliphatic heterocycles. The number of amides is 1. The summed E-state index contributed by atoms with van der Waals surface area (Å²) in [5.41, 5.74) is 0.554. The number of methoxy groups -OCH3 is 1. The van der Waals surface area contributed by atoms with E-state index < -0.39 is 9.28 Å². The molecular formula is C13H29NO4Si. The molecule has 1 atom stereocenters. The average Bonchev–Trinajstić information content (AvgIpc) is 2.42. The molecule has 0 saturated heterocycles. The fourth-order valence-electron chi connectivity index (χ4n) is 1.98. The Hall–Kier alpha value is -0.593. The number of alkyl carbamates (subject to hydrolysis) is 1. The van der Waals surface area contributed by atoms with Crippen LogP contribution >= 0.6 is 0 Å². The number of unbranched alkanes of at least 4 members (excludes halogenated alkanes) is 1. The molecular weight excluding hydrogens is 262 g/mol. The fraction of sp³-hybridized carbons (Fsp3) is 0.923. The van der Waals surface area contributed by atoms with Crippen molar-refractivity contribution in [2.75, 3.05) is 26.9 Å². The van der Waals surface area contributed by atoms with Crippen molar-refractivity contribution < 1.29 is 18.4 Å². The summed E-state index contributed by atoms with van der Waals surface area (Å²) in [6.45, 7) is 8.36. The maximum absolute atomic E-state index is 10.9. The lowest BCUT2D eigenvalue weighted by atomic mass is 10.1. The lowest BCUT2D eigenvalue weighted by Gasteiger charge is -2.23. The summed E-state index contributed by atoms with van der Waals surface area (Å²) in [5.74, 6) is 0. The topological polar surface area (TPSA) is 56.8 Å². The molecule has 5 nitrogen and oxygen atoms in total. The first-order chi connectivity index (χ1) is 9.19. The lowest BCUT2D eigenvalue weighted by molar-refractivity contribution is 0.170. The second-order valence-electron chi connectivity index (χ2n) is 4.36. The Labute approximate surface area is 118 Å². The number of nitrogens with one attached hydrogen (secondary N) is 1. The summed E-state index contributed by atoms with van der Waals surface area (Å²) >= 11 is 0. The van der Waals surface area contributed by atoms with Crippen LogP contribution in [0.15, 0.2) is 0 Å². The number of hydrogen-bond donors (Lipinski definition) is 1. The van der Waals surface area contributed by atoms with Crippen molar-refractivity contribution in [3.05, 3.63) is 0 Å². The molecule has 1 unspecified atom stereocenters. The zero-order chi connectivity index (χ0) is 14.5. The highest BCUT2D eigenvalue weighted by Gasteiger charge is 2.23. The Morgan fingerprint density at radius 2 is 1.79 bits per heavy atom. The summed E-state index contributed by atoms with van der Waals surface area (Å²) in [6, 6.07) is 0. The van der Waals surface area contributed by atoms with Crippen molar-refractivity contribution >= 4 is 15.4 Å². The van der Waals surface area contributed by atoms with Crippen molar-refractivity contribution in [3.8, 4) is 0 Å². The number of carbonyl (C=O) groups excluding carboxylic acids is 1. The molecule has 1 N–H and O–H groups in total. The maximum atomic E-state index is 10.9. The van der Waals surface area contributed by atoms with Crippen LogP contribution in [-0.4, -0.2) is 42.2 Å². The molecule has 0 radical (unpaired) electrons. The van der Waals surface area contributed by atoms with Gasteiger partial charge in [0.1, 0.15) is 0 Å². The fourth-order valence-corrected chi connectivity index (χ4v) is 4.17. The van der Waals surface area contributed by atoms with Crippen LogP contribution in [0.25, 0.3) is 0 Å². The molecule has 114 valence electrons. The highest BCUT2D eigenvalue weighted by molar-refractivity contribution is 6.46. The Morgan fingerprint density at radius 3 is 2.26 bits per heavy atom. The van der Waals surface area contributed by atoms with Gasteiger partial charge in [-0.1, -0.05) is 19.8 Å². The summed E-state index contributed by atoms with van der Waals surface area (Å²) < 4.78 is 16.1. The van der Waals surface area contributed by atoms with Crippen LogP contribution < -0.4 is 5.32 Å². The zero-order valence-electron chi connectivity index (χ0n) is 12.7. The van der Waals surface area contributed by atoms with E-state index >= 15 is 0 Å². The van der Waals surface area contributed by atoms with Gasteiger partial charge in [0, 0.05) is 19.8 Å². The second kappa shape index (κ2) is 12.4. The minimum atomic E-state index is -1.54. The standard InChI is InChI=1S/C13H29NO4Si/c1-5-12(19(17-6-2)18-7-3)10-8-9-11-14-13(15)16-4/h12,19H,5-11H2,1-4H3,(H,14,15). The molecule has 0 spiro atoms. The van der Waals surface area contributed by atoms with Gasteiger partial charge in [-0.3, -0.25) is 0 Å². The van der Waals surface area contributed by atoms with Crippen molar-refractivity contribution in [1.82, 2.24) is 5.32 Å². The van der Waals surface area contributed by atoms with Gasteiger partial charge in [-0.15, -0.1) is 0 Å². The SMILES string of the molecule is CCO[SiH](OCC)C(CC)CCCCNC(=O)OC. The van der Waals surface area contributed by atoms with E-state index in [1.54, 1.807) is 0 Å². The largest absolute Gasteiger partial charge is 0.453 e. The average molecular weight is 291 g/mol.